The van der Waals surface area contributed by atoms with Crippen LogP contribution in [0.3, 0.4) is 0 Å². The van der Waals surface area contributed by atoms with E-state index < -0.39 is 4.92 Å². The van der Waals surface area contributed by atoms with E-state index in [1.807, 2.05) is 0 Å². The van der Waals surface area contributed by atoms with Gasteiger partial charge in [-0.15, -0.1) is 0 Å². The summed E-state index contributed by atoms with van der Waals surface area (Å²) in [5, 5.41) is 10.2. The van der Waals surface area contributed by atoms with Gasteiger partial charge in [-0.2, -0.15) is 0 Å². The van der Waals surface area contributed by atoms with Gasteiger partial charge in [0.25, 0.3) is 5.69 Å². The third kappa shape index (κ3) is 1.67. The highest BCUT2D eigenvalue weighted by molar-refractivity contribution is 6.35. The summed E-state index contributed by atoms with van der Waals surface area (Å²) in [7, 11) is 1.35. The molecule has 0 bridgehead atoms. The van der Waals surface area contributed by atoms with E-state index >= 15 is 0 Å². The van der Waals surface area contributed by atoms with Gasteiger partial charge in [0.1, 0.15) is 10.8 Å². The van der Waals surface area contributed by atoms with Gasteiger partial charge in [-0.05, 0) is 6.07 Å². The van der Waals surface area contributed by atoms with Gasteiger partial charge in [-0.3, -0.25) is 14.9 Å². The molecule has 0 amide bonds. The lowest BCUT2D eigenvalue weighted by atomic mass is 10.2. The van der Waals surface area contributed by atoms with Gasteiger partial charge in [0.15, 0.2) is 6.29 Å². The van der Waals surface area contributed by atoms with Crippen LogP contribution in [0.2, 0.25) is 5.02 Å². The first-order valence-corrected chi connectivity index (χ1v) is 3.95. The van der Waals surface area contributed by atoms with Crippen molar-refractivity contribution >= 4 is 23.6 Å². The van der Waals surface area contributed by atoms with E-state index in [-0.39, 0.29) is 22.0 Å². The molecule has 0 N–H and O–H groups in total. The molecule has 1 aromatic rings. The fourth-order valence-electron chi connectivity index (χ4n) is 0.993. The number of carbonyl (C=O) groups is 1. The fourth-order valence-corrected chi connectivity index (χ4v) is 1.26. The van der Waals surface area contributed by atoms with Gasteiger partial charge >= 0.3 is 0 Å². The second-order valence-electron chi connectivity index (χ2n) is 2.39. The topological polar surface area (TPSA) is 69.4 Å². The highest BCUT2D eigenvalue weighted by Crippen LogP contribution is 2.32. The average Bonchev–Trinajstić information content (AvgIpc) is 2.16. The number of aldehydes is 1. The van der Waals surface area contributed by atoms with Crippen molar-refractivity contribution in [3.05, 3.63) is 32.8 Å². The predicted octanol–water partition coefficient (Wildman–Crippen LogP) is 2.07. The summed E-state index contributed by atoms with van der Waals surface area (Å²) >= 11 is 5.63. The first-order valence-electron chi connectivity index (χ1n) is 3.58. The van der Waals surface area contributed by atoms with Gasteiger partial charge in [-0.25, -0.2) is 0 Å². The molecule has 0 radical (unpaired) electrons. The summed E-state index contributed by atoms with van der Waals surface area (Å²) in [6, 6.07) is 2.52. The number of halogens is 1. The van der Waals surface area contributed by atoms with Gasteiger partial charge < -0.3 is 4.74 Å². The first kappa shape index (κ1) is 10.5. The van der Waals surface area contributed by atoms with Crippen molar-refractivity contribution in [2.24, 2.45) is 0 Å². The SMILES string of the molecule is COc1ccc([N+](=O)[O-])c(Cl)c1C=O. The molecule has 14 heavy (non-hydrogen) atoms. The lowest BCUT2D eigenvalue weighted by Crippen LogP contribution is -1.96. The van der Waals surface area contributed by atoms with Crippen LogP contribution in [-0.4, -0.2) is 18.3 Å². The van der Waals surface area contributed by atoms with E-state index in [0.29, 0.717) is 6.29 Å². The maximum atomic E-state index is 10.6. The summed E-state index contributed by atoms with van der Waals surface area (Å²) in [6.07, 6.45) is 0.425. The molecule has 0 saturated heterocycles. The molecule has 0 fully saturated rings. The highest BCUT2D eigenvalue weighted by Gasteiger charge is 2.19. The van der Waals surface area contributed by atoms with Gasteiger partial charge in [0.2, 0.25) is 0 Å². The van der Waals surface area contributed by atoms with E-state index in [1.165, 1.54) is 19.2 Å². The smallest absolute Gasteiger partial charge is 0.288 e. The molecular formula is C8H6ClNO4. The second kappa shape index (κ2) is 4.06. The number of hydrogen-bond acceptors (Lipinski definition) is 4. The number of nitro benzene ring substituents is 1. The lowest BCUT2D eigenvalue weighted by Gasteiger charge is -2.04. The van der Waals surface area contributed by atoms with Crippen LogP contribution in [0.4, 0.5) is 5.69 Å². The van der Waals surface area contributed by atoms with Crippen LogP contribution in [0.25, 0.3) is 0 Å². The monoisotopic (exact) mass is 215 g/mol. The Kier molecular flexibility index (Phi) is 3.03. The Morgan fingerprint density at radius 3 is 2.64 bits per heavy atom. The third-order valence-electron chi connectivity index (χ3n) is 1.65. The molecule has 6 heteroatoms. The van der Waals surface area contributed by atoms with E-state index in [9.17, 15) is 14.9 Å². The molecule has 0 spiro atoms. The molecule has 1 rings (SSSR count). The summed E-state index contributed by atoms with van der Waals surface area (Å²) in [6.45, 7) is 0. The molecule has 0 aromatic heterocycles. The molecule has 1 aromatic carbocycles. The number of carbonyl (C=O) groups excluding carboxylic acids is 1. The van der Waals surface area contributed by atoms with E-state index in [1.54, 1.807) is 0 Å². The molecule has 0 heterocycles. The molecule has 74 valence electrons. The van der Waals surface area contributed by atoms with Crippen LogP contribution in [0.1, 0.15) is 10.4 Å². The summed E-state index contributed by atoms with van der Waals surface area (Å²) < 4.78 is 4.81. The van der Waals surface area contributed by atoms with Crippen molar-refractivity contribution in [1.29, 1.82) is 0 Å². The zero-order chi connectivity index (χ0) is 10.7. The van der Waals surface area contributed by atoms with Crippen LogP contribution < -0.4 is 4.74 Å². The zero-order valence-electron chi connectivity index (χ0n) is 7.19. The quantitative estimate of drug-likeness (QED) is 0.440. The molecule has 0 atom stereocenters. The van der Waals surface area contributed by atoms with Crippen molar-refractivity contribution in [2.45, 2.75) is 0 Å². The Balaban J connectivity index is 3.42. The summed E-state index contributed by atoms with van der Waals surface area (Å²) in [4.78, 5) is 20.4. The van der Waals surface area contributed by atoms with Crippen LogP contribution in [-0.2, 0) is 0 Å². The number of nitrogens with zero attached hydrogens (tertiary/aromatic N) is 1. The third-order valence-corrected chi connectivity index (χ3v) is 2.05. The Morgan fingerprint density at radius 2 is 2.21 bits per heavy atom. The first-order chi connectivity index (χ1) is 6.61. The minimum absolute atomic E-state index is 0.0108. The molecule has 0 aliphatic heterocycles. The lowest BCUT2D eigenvalue weighted by molar-refractivity contribution is -0.384. The zero-order valence-corrected chi connectivity index (χ0v) is 7.95. The van der Waals surface area contributed by atoms with Crippen molar-refractivity contribution < 1.29 is 14.5 Å². The number of benzene rings is 1. The van der Waals surface area contributed by atoms with E-state index in [4.69, 9.17) is 16.3 Å². The van der Waals surface area contributed by atoms with E-state index in [0.717, 1.165) is 0 Å². The molecule has 5 nitrogen and oxygen atoms in total. The van der Waals surface area contributed by atoms with Crippen molar-refractivity contribution in [2.75, 3.05) is 7.11 Å². The van der Waals surface area contributed by atoms with Crippen molar-refractivity contribution in [3.63, 3.8) is 0 Å². The second-order valence-corrected chi connectivity index (χ2v) is 2.77. The van der Waals surface area contributed by atoms with Gasteiger partial charge in [-0.1, -0.05) is 11.6 Å². The number of ether oxygens (including phenoxy) is 1. The minimum Gasteiger partial charge on any atom is -0.496 e. The molecule has 0 saturated carbocycles. The summed E-state index contributed by atoms with van der Waals surface area (Å²) in [5.41, 5.74) is -0.321. The molecular weight excluding hydrogens is 210 g/mol. The number of hydrogen-bond donors (Lipinski definition) is 0. The van der Waals surface area contributed by atoms with E-state index in [2.05, 4.69) is 0 Å². The molecule has 0 aliphatic rings. The van der Waals surface area contributed by atoms with Gasteiger partial charge in [0, 0.05) is 6.07 Å². The Hall–Kier alpha value is -1.62. The van der Waals surface area contributed by atoms with Crippen molar-refractivity contribution in [1.82, 2.24) is 0 Å². The number of nitro groups is 1. The van der Waals surface area contributed by atoms with Crippen molar-refractivity contribution in [3.8, 4) is 5.75 Å². The standard InChI is InChI=1S/C8H6ClNO4/c1-14-7-3-2-6(10(12)13)8(9)5(7)4-11/h2-4H,1H3. The van der Waals surface area contributed by atoms with Crippen LogP contribution >= 0.6 is 11.6 Å². The minimum atomic E-state index is -0.658. The van der Waals surface area contributed by atoms with Crippen LogP contribution in [0, 0.1) is 10.1 Å². The Bertz CT molecular complexity index is 391. The maximum absolute atomic E-state index is 10.6. The Labute approximate surface area is 84.4 Å². The fraction of sp³-hybridized carbons (Fsp3) is 0.125. The number of rotatable bonds is 3. The number of methoxy groups -OCH3 is 1. The average molecular weight is 216 g/mol. The Morgan fingerprint density at radius 1 is 1.57 bits per heavy atom. The largest absolute Gasteiger partial charge is 0.496 e. The molecule has 0 unspecified atom stereocenters. The predicted molar refractivity (Wildman–Crippen MR) is 50.0 cm³/mol. The van der Waals surface area contributed by atoms with Crippen LogP contribution in [0.15, 0.2) is 12.1 Å². The highest BCUT2D eigenvalue weighted by atomic mass is 35.5. The molecule has 0 aliphatic carbocycles. The maximum Gasteiger partial charge on any atom is 0.288 e. The summed E-state index contributed by atoms with van der Waals surface area (Å²) in [5.74, 6) is 0.218. The normalized spacial score (nSPS) is 9.57. The van der Waals surface area contributed by atoms with Gasteiger partial charge in [0.05, 0.1) is 17.6 Å². The van der Waals surface area contributed by atoms with Crippen LogP contribution in [0.5, 0.6) is 5.75 Å².